The van der Waals surface area contributed by atoms with Gasteiger partial charge in [0.1, 0.15) is 11.6 Å². The molecular weight excluding hydrogens is 208 g/mol. The predicted molar refractivity (Wildman–Crippen MR) is 65.0 cm³/mol. The van der Waals surface area contributed by atoms with Crippen molar-refractivity contribution in [2.75, 3.05) is 17.3 Å². The summed E-state index contributed by atoms with van der Waals surface area (Å²) in [6, 6.07) is 0.526. The standard InChI is InChI=1S/C10H16N4S/c1-15-8-3-2-7(4-8)13-10-6-12-5-9(11)14-10/h5-8H,2-4H2,1H3,(H3,11,13,14). The van der Waals surface area contributed by atoms with Crippen LogP contribution in [0.25, 0.3) is 0 Å². The van der Waals surface area contributed by atoms with E-state index < -0.39 is 0 Å². The number of hydrogen-bond donors (Lipinski definition) is 2. The average molecular weight is 224 g/mol. The molecule has 5 heteroatoms. The lowest BCUT2D eigenvalue weighted by Gasteiger charge is -2.12. The Morgan fingerprint density at radius 3 is 3.00 bits per heavy atom. The van der Waals surface area contributed by atoms with Gasteiger partial charge >= 0.3 is 0 Å². The zero-order chi connectivity index (χ0) is 10.7. The molecule has 0 radical (unpaired) electrons. The third kappa shape index (κ3) is 2.75. The Morgan fingerprint density at radius 1 is 1.47 bits per heavy atom. The number of nitrogens with one attached hydrogen (secondary N) is 1. The average Bonchev–Trinajstić information content (AvgIpc) is 2.65. The molecule has 2 rings (SSSR count). The fourth-order valence-corrected chi connectivity index (χ4v) is 2.74. The molecule has 2 atom stereocenters. The minimum atomic E-state index is 0.472. The normalized spacial score (nSPS) is 25.4. The summed E-state index contributed by atoms with van der Waals surface area (Å²) in [4.78, 5) is 8.20. The van der Waals surface area contributed by atoms with Crippen LogP contribution in [0.5, 0.6) is 0 Å². The van der Waals surface area contributed by atoms with Gasteiger partial charge in [0.15, 0.2) is 0 Å². The molecule has 82 valence electrons. The number of hydrogen-bond acceptors (Lipinski definition) is 5. The minimum absolute atomic E-state index is 0.472. The lowest BCUT2D eigenvalue weighted by atomic mass is 10.2. The Balaban J connectivity index is 1.92. The number of nitrogens with zero attached hydrogens (tertiary/aromatic N) is 2. The van der Waals surface area contributed by atoms with Gasteiger partial charge in [-0.3, -0.25) is 4.98 Å². The van der Waals surface area contributed by atoms with Gasteiger partial charge in [0, 0.05) is 11.3 Å². The highest BCUT2D eigenvalue weighted by Crippen LogP contribution is 2.29. The predicted octanol–water partition coefficient (Wildman–Crippen LogP) is 1.75. The highest BCUT2D eigenvalue weighted by molar-refractivity contribution is 7.99. The molecule has 4 nitrogen and oxygen atoms in total. The number of nitrogen functional groups attached to an aromatic ring is 1. The van der Waals surface area contributed by atoms with Crippen molar-refractivity contribution >= 4 is 23.4 Å². The Kier molecular flexibility index (Phi) is 3.30. The fraction of sp³-hybridized carbons (Fsp3) is 0.600. The summed E-state index contributed by atoms with van der Waals surface area (Å²) in [5.74, 6) is 1.26. The van der Waals surface area contributed by atoms with E-state index >= 15 is 0 Å². The molecule has 0 aliphatic heterocycles. The molecule has 1 heterocycles. The highest BCUT2D eigenvalue weighted by Gasteiger charge is 2.23. The molecular formula is C10H16N4S. The first kappa shape index (κ1) is 10.5. The Labute approximate surface area is 94.1 Å². The molecule has 1 fully saturated rings. The maximum Gasteiger partial charge on any atom is 0.147 e. The number of nitrogens with two attached hydrogens (primary N) is 1. The first-order valence-electron chi connectivity index (χ1n) is 5.15. The van der Waals surface area contributed by atoms with Crippen LogP contribution >= 0.6 is 11.8 Å². The number of thioether (sulfide) groups is 1. The van der Waals surface area contributed by atoms with Gasteiger partial charge in [0.2, 0.25) is 0 Å². The summed E-state index contributed by atoms with van der Waals surface area (Å²) < 4.78 is 0. The van der Waals surface area contributed by atoms with Crippen LogP contribution in [-0.2, 0) is 0 Å². The molecule has 0 saturated heterocycles. The summed E-state index contributed by atoms with van der Waals surface area (Å²) in [7, 11) is 0. The molecule has 15 heavy (non-hydrogen) atoms. The second-order valence-corrected chi connectivity index (χ2v) is 4.98. The minimum Gasteiger partial charge on any atom is -0.382 e. The van der Waals surface area contributed by atoms with E-state index in [2.05, 4.69) is 21.5 Å². The van der Waals surface area contributed by atoms with Gasteiger partial charge in [0.25, 0.3) is 0 Å². The van der Waals surface area contributed by atoms with Crippen molar-refractivity contribution in [3.05, 3.63) is 12.4 Å². The molecule has 0 amide bonds. The third-order valence-corrected chi connectivity index (χ3v) is 3.82. The SMILES string of the molecule is CSC1CCC(Nc2cncc(N)n2)C1. The monoisotopic (exact) mass is 224 g/mol. The van der Waals surface area contributed by atoms with E-state index in [0.29, 0.717) is 11.9 Å². The molecule has 3 N–H and O–H groups in total. The van der Waals surface area contributed by atoms with E-state index in [9.17, 15) is 0 Å². The van der Waals surface area contributed by atoms with E-state index in [1.165, 1.54) is 19.3 Å². The molecule has 0 aromatic carbocycles. The molecule has 2 unspecified atom stereocenters. The number of anilines is 2. The van der Waals surface area contributed by atoms with Gasteiger partial charge in [-0.15, -0.1) is 0 Å². The van der Waals surface area contributed by atoms with E-state index in [4.69, 9.17) is 5.73 Å². The van der Waals surface area contributed by atoms with Crippen molar-refractivity contribution < 1.29 is 0 Å². The second-order valence-electron chi connectivity index (χ2n) is 3.84. The Bertz CT molecular complexity index is 331. The third-order valence-electron chi connectivity index (χ3n) is 2.72. The van der Waals surface area contributed by atoms with Crippen molar-refractivity contribution in [3.63, 3.8) is 0 Å². The molecule has 1 aliphatic carbocycles. The molecule has 1 aromatic heterocycles. The Hall–Kier alpha value is -0.970. The molecule has 1 saturated carbocycles. The van der Waals surface area contributed by atoms with Crippen LogP contribution in [0.4, 0.5) is 11.6 Å². The smallest absolute Gasteiger partial charge is 0.147 e. The summed E-state index contributed by atoms with van der Waals surface area (Å²) >= 11 is 1.95. The zero-order valence-corrected chi connectivity index (χ0v) is 9.63. The van der Waals surface area contributed by atoms with Gasteiger partial charge in [0.05, 0.1) is 12.4 Å². The number of rotatable bonds is 3. The summed E-state index contributed by atoms with van der Waals surface area (Å²) in [6.45, 7) is 0. The van der Waals surface area contributed by atoms with Crippen molar-refractivity contribution in [2.24, 2.45) is 0 Å². The highest BCUT2D eigenvalue weighted by atomic mass is 32.2. The van der Waals surface area contributed by atoms with Crippen LogP contribution in [0.2, 0.25) is 0 Å². The van der Waals surface area contributed by atoms with Gasteiger partial charge < -0.3 is 11.1 Å². The number of aromatic nitrogens is 2. The summed E-state index contributed by atoms with van der Waals surface area (Å²) in [5.41, 5.74) is 5.57. The van der Waals surface area contributed by atoms with Crippen molar-refractivity contribution in [2.45, 2.75) is 30.6 Å². The van der Waals surface area contributed by atoms with E-state index in [1.54, 1.807) is 12.4 Å². The van der Waals surface area contributed by atoms with Crippen LogP contribution in [0.3, 0.4) is 0 Å². The van der Waals surface area contributed by atoms with E-state index in [-0.39, 0.29) is 0 Å². The van der Waals surface area contributed by atoms with E-state index in [1.807, 2.05) is 11.8 Å². The van der Waals surface area contributed by atoms with Crippen LogP contribution < -0.4 is 11.1 Å². The molecule has 1 aromatic rings. The topological polar surface area (TPSA) is 63.8 Å². The summed E-state index contributed by atoms with van der Waals surface area (Å²) in [5, 5.41) is 4.17. The molecule has 0 spiro atoms. The van der Waals surface area contributed by atoms with Crippen LogP contribution in [0.15, 0.2) is 12.4 Å². The van der Waals surface area contributed by atoms with Gasteiger partial charge in [-0.25, -0.2) is 4.98 Å². The fourth-order valence-electron chi connectivity index (χ4n) is 1.95. The Morgan fingerprint density at radius 2 is 2.33 bits per heavy atom. The van der Waals surface area contributed by atoms with Gasteiger partial charge in [-0.05, 0) is 25.5 Å². The second kappa shape index (κ2) is 4.70. The van der Waals surface area contributed by atoms with Crippen LogP contribution in [-0.4, -0.2) is 27.5 Å². The van der Waals surface area contributed by atoms with E-state index in [0.717, 1.165) is 11.1 Å². The lowest BCUT2D eigenvalue weighted by Crippen LogP contribution is -2.17. The summed E-state index contributed by atoms with van der Waals surface area (Å²) in [6.07, 6.45) is 9.16. The van der Waals surface area contributed by atoms with Crippen molar-refractivity contribution in [1.29, 1.82) is 0 Å². The molecule has 0 bridgehead atoms. The van der Waals surface area contributed by atoms with Crippen LogP contribution in [0, 0.1) is 0 Å². The maximum atomic E-state index is 5.57. The van der Waals surface area contributed by atoms with Gasteiger partial charge in [-0.2, -0.15) is 11.8 Å². The van der Waals surface area contributed by atoms with Crippen molar-refractivity contribution in [3.8, 4) is 0 Å². The first-order valence-corrected chi connectivity index (χ1v) is 6.43. The largest absolute Gasteiger partial charge is 0.382 e. The van der Waals surface area contributed by atoms with Crippen LogP contribution in [0.1, 0.15) is 19.3 Å². The first-order chi connectivity index (χ1) is 7.28. The lowest BCUT2D eigenvalue weighted by molar-refractivity contribution is 0.751. The van der Waals surface area contributed by atoms with Crippen molar-refractivity contribution in [1.82, 2.24) is 9.97 Å². The molecule has 1 aliphatic rings. The maximum absolute atomic E-state index is 5.57. The quantitative estimate of drug-likeness (QED) is 0.819. The zero-order valence-electron chi connectivity index (χ0n) is 8.81. The van der Waals surface area contributed by atoms with Gasteiger partial charge in [-0.1, -0.05) is 0 Å².